The highest BCUT2D eigenvalue weighted by Gasteiger charge is 2.33. The van der Waals surface area contributed by atoms with E-state index in [1.165, 1.54) is 12.2 Å². The molecule has 20 nitrogen and oxygen atoms in total. The van der Waals surface area contributed by atoms with Gasteiger partial charge >= 0.3 is 0 Å². The van der Waals surface area contributed by atoms with E-state index in [-0.39, 0.29) is 101 Å². The van der Waals surface area contributed by atoms with Gasteiger partial charge < -0.3 is 45.1 Å². The molecule has 1 aliphatic heterocycles. The topological polar surface area (TPSA) is 246 Å². The van der Waals surface area contributed by atoms with Crippen LogP contribution in [-0.4, -0.2) is 152 Å². The molecule has 21 heteroatoms. The van der Waals surface area contributed by atoms with Gasteiger partial charge in [0.2, 0.25) is 23.6 Å². The van der Waals surface area contributed by atoms with Crippen LogP contribution in [0.1, 0.15) is 87.2 Å². The van der Waals surface area contributed by atoms with Gasteiger partial charge in [-0.1, -0.05) is 87.3 Å². The lowest BCUT2D eigenvalue weighted by Gasteiger charge is -2.35. The van der Waals surface area contributed by atoms with Crippen molar-refractivity contribution in [2.24, 2.45) is 11.8 Å². The van der Waals surface area contributed by atoms with Gasteiger partial charge in [0.05, 0.1) is 76.3 Å². The fraction of sp³-hybridized carbons (Fsp3) is 0.482. The molecule has 3 aromatic carbocycles. The number of hydrogen-bond acceptors (Lipinski definition) is 13. The molecular weight excluding hydrogens is 1010 g/mol. The minimum atomic E-state index is -0.955. The summed E-state index contributed by atoms with van der Waals surface area (Å²) in [5, 5.41) is 11.8. The predicted molar refractivity (Wildman–Crippen MR) is 290 cm³/mol. The van der Waals surface area contributed by atoms with Crippen molar-refractivity contribution in [1.82, 2.24) is 40.6 Å². The number of aromatic nitrogens is 2. The molecule has 4 aromatic rings. The first kappa shape index (κ1) is 61.0. The van der Waals surface area contributed by atoms with Crippen LogP contribution < -0.4 is 26.8 Å². The SMILES string of the molecule is Cc1ccc(C(=O)N(CCCNC(=O)[C@H](C)NC(=O)[C@@H](NC(=O)CCOCCOCCOCCOCCNC(=O)CCN2C(=O)C=CC2=O)C(C)C)[C@@H](c2nc3cc(Cl)ccc3c(=O)n2Cc2ccccc2)C(C)C)cc1. The average molecular weight is 1090 g/mol. The molecule has 0 fully saturated rings. The van der Waals surface area contributed by atoms with E-state index >= 15 is 0 Å². The van der Waals surface area contributed by atoms with Crippen LogP contribution in [-0.2, 0) is 54.3 Å². The van der Waals surface area contributed by atoms with E-state index in [4.69, 9.17) is 35.5 Å². The van der Waals surface area contributed by atoms with Crippen LogP contribution in [0.4, 0.5) is 0 Å². The van der Waals surface area contributed by atoms with Gasteiger partial charge in [-0.25, -0.2) is 4.98 Å². The molecule has 2 heterocycles. The number of aryl methyl sites for hydroxylation is 1. The number of hydrogen-bond donors (Lipinski definition) is 4. The van der Waals surface area contributed by atoms with Crippen molar-refractivity contribution in [2.75, 3.05) is 79.0 Å². The summed E-state index contributed by atoms with van der Waals surface area (Å²) in [7, 11) is 0. The van der Waals surface area contributed by atoms with Crippen LogP contribution in [0.3, 0.4) is 0 Å². The molecule has 0 saturated carbocycles. The number of nitrogens with zero attached hydrogens (tertiary/aromatic N) is 4. The predicted octanol–water partition coefficient (Wildman–Crippen LogP) is 4.29. The normalized spacial score (nSPS) is 13.5. The van der Waals surface area contributed by atoms with Gasteiger partial charge in [0.1, 0.15) is 17.9 Å². The van der Waals surface area contributed by atoms with E-state index in [2.05, 4.69) is 21.3 Å². The first-order chi connectivity index (χ1) is 36.9. The van der Waals surface area contributed by atoms with Gasteiger partial charge in [-0.15, -0.1) is 0 Å². The summed E-state index contributed by atoms with van der Waals surface area (Å²) in [4.78, 5) is 111. The van der Waals surface area contributed by atoms with Crippen molar-refractivity contribution >= 4 is 63.9 Å². The van der Waals surface area contributed by atoms with Crippen molar-refractivity contribution < 1.29 is 52.5 Å². The van der Waals surface area contributed by atoms with Crippen molar-refractivity contribution in [3.05, 3.63) is 123 Å². The summed E-state index contributed by atoms with van der Waals surface area (Å²) in [6, 6.07) is 19.2. The van der Waals surface area contributed by atoms with Crippen molar-refractivity contribution in [2.45, 2.75) is 85.5 Å². The summed E-state index contributed by atoms with van der Waals surface area (Å²) in [6.07, 6.45) is 2.68. The van der Waals surface area contributed by atoms with Crippen molar-refractivity contribution in [3.63, 3.8) is 0 Å². The number of benzene rings is 3. The zero-order chi connectivity index (χ0) is 55.9. The summed E-state index contributed by atoms with van der Waals surface area (Å²) in [6.45, 7) is 14.0. The number of nitrogens with one attached hydrogen (secondary N) is 4. The quantitative estimate of drug-likeness (QED) is 0.0385. The number of carbonyl (C=O) groups is 7. The van der Waals surface area contributed by atoms with Crippen LogP contribution in [0.25, 0.3) is 10.9 Å². The standard InChI is InChI=1S/C56H73ClN8O12/c1-37(2)50(62-47(67)22-27-74-29-31-76-33-34-77-32-30-75-28-24-58-46(66)21-26-63-48(68)19-20-49(63)69)54(71)60-40(6)53(70)59-23-10-25-64(55(72)42-15-13-39(5)14-16-42)51(38(3)4)52-61-45-35-43(57)17-18-44(45)56(73)65(52)36-41-11-8-7-9-12-41/h7-9,11-20,35,37-38,40,50-51H,10,21-34,36H2,1-6H3,(H,58,66)(H,59,70)(H,60,71)(H,62,67)/t40-,50-,51+/m0/s1. The van der Waals surface area contributed by atoms with Gasteiger partial charge in [0.15, 0.2) is 0 Å². The molecule has 0 radical (unpaired) electrons. The van der Waals surface area contributed by atoms with Crippen LogP contribution in [0, 0.1) is 18.8 Å². The number of ether oxygens (including phenoxy) is 4. The minimum absolute atomic E-state index is 0.00484. The molecule has 0 unspecified atom stereocenters. The number of amides is 7. The molecule has 416 valence electrons. The zero-order valence-electron chi connectivity index (χ0n) is 44.8. The molecule has 3 atom stereocenters. The Balaban J connectivity index is 1.02. The van der Waals surface area contributed by atoms with Gasteiger partial charge in [0, 0.05) is 61.8 Å². The molecule has 5 rings (SSSR count). The molecule has 0 saturated heterocycles. The Labute approximate surface area is 454 Å². The Hall–Kier alpha value is -6.84. The third kappa shape index (κ3) is 19.3. The number of halogens is 1. The molecule has 7 amide bonds. The summed E-state index contributed by atoms with van der Waals surface area (Å²) in [5.74, 6) is -2.91. The summed E-state index contributed by atoms with van der Waals surface area (Å²) < 4.78 is 23.6. The van der Waals surface area contributed by atoms with Gasteiger partial charge in [-0.05, 0) is 68.0 Å². The van der Waals surface area contributed by atoms with Crippen LogP contribution in [0.2, 0.25) is 5.02 Å². The molecule has 4 N–H and O–H groups in total. The highest BCUT2D eigenvalue weighted by Crippen LogP contribution is 2.31. The zero-order valence-corrected chi connectivity index (χ0v) is 45.6. The third-order valence-corrected chi connectivity index (χ3v) is 12.7. The van der Waals surface area contributed by atoms with Crippen LogP contribution >= 0.6 is 11.6 Å². The Morgan fingerprint density at radius 3 is 1.92 bits per heavy atom. The lowest BCUT2D eigenvalue weighted by atomic mass is 9.98. The number of rotatable bonds is 33. The second-order valence-electron chi connectivity index (χ2n) is 19.2. The maximum absolute atomic E-state index is 14.6. The van der Waals surface area contributed by atoms with Crippen LogP contribution in [0.15, 0.2) is 89.7 Å². The molecule has 77 heavy (non-hydrogen) atoms. The molecular formula is C56H73ClN8O12. The first-order valence-corrected chi connectivity index (χ1v) is 26.4. The Morgan fingerprint density at radius 1 is 0.675 bits per heavy atom. The van der Waals surface area contributed by atoms with Gasteiger partial charge in [-0.2, -0.15) is 0 Å². The second kappa shape index (κ2) is 31.4. The Bertz CT molecular complexity index is 2700. The first-order valence-electron chi connectivity index (χ1n) is 26.0. The van der Waals surface area contributed by atoms with Crippen molar-refractivity contribution in [1.29, 1.82) is 0 Å². The lowest BCUT2D eigenvalue weighted by molar-refractivity contribution is -0.137. The maximum atomic E-state index is 14.6. The highest BCUT2D eigenvalue weighted by atomic mass is 35.5. The Kier molecular flexibility index (Phi) is 24.9. The molecule has 0 aliphatic carbocycles. The molecule has 1 aromatic heterocycles. The van der Waals surface area contributed by atoms with E-state index in [0.29, 0.717) is 60.2 Å². The third-order valence-electron chi connectivity index (χ3n) is 12.4. The van der Waals surface area contributed by atoms with E-state index in [0.717, 1.165) is 16.0 Å². The highest BCUT2D eigenvalue weighted by molar-refractivity contribution is 6.31. The van der Waals surface area contributed by atoms with E-state index < -0.39 is 47.7 Å². The minimum Gasteiger partial charge on any atom is -0.379 e. The summed E-state index contributed by atoms with van der Waals surface area (Å²) in [5.41, 5.74) is 2.47. The number of fused-ring (bicyclic) bond motifs is 1. The Morgan fingerprint density at radius 2 is 1.30 bits per heavy atom. The fourth-order valence-electron chi connectivity index (χ4n) is 8.29. The van der Waals surface area contributed by atoms with Crippen LogP contribution in [0.5, 0.6) is 0 Å². The average Bonchev–Trinajstić information content (AvgIpc) is 3.74. The number of imide groups is 1. The summed E-state index contributed by atoms with van der Waals surface area (Å²) >= 11 is 6.41. The van der Waals surface area contributed by atoms with Crippen molar-refractivity contribution in [3.8, 4) is 0 Å². The monoisotopic (exact) mass is 1080 g/mol. The fourth-order valence-corrected chi connectivity index (χ4v) is 8.45. The molecule has 1 aliphatic rings. The largest absolute Gasteiger partial charge is 0.379 e. The molecule has 0 spiro atoms. The smallest absolute Gasteiger partial charge is 0.261 e. The van der Waals surface area contributed by atoms with Gasteiger partial charge in [0.25, 0.3) is 23.3 Å². The van der Waals surface area contributed by atoms with Gasteiger partial charge in [-0.3, -0.25) is 47.8 Å². The molecule has 0 bridgehead atoms. The van der Waals surface area contributed by atoms with E-state index in [9.17, 15) is 38.4 Å². The second-order valence-corrected chi connectivity index (χ2v) is 19.6. The lowest BCUT2D eigenvalue weighted by Crippen LogP contribution is -2.54. The maximum Gasteiger partial charge on any atom is 0.261 e. The van der Waals surface area contributed by atoms with E-state index in [1.807, 2.05) is 63.2 Å². The van der Waals surface area contributed by atoms with E-state index in [1.54, 1.807) is 60.6 Å². The number of carbonyl (C=O) groups excluding carboxylic acids is 7.